The van der Waals surface area contributed by atoms with E-state index in [2.05, 4.69) is 18.7 Å². The molecule has 0 unspecified atom stereocenters. The van der Waals surface area contributed by atoms with Gasteiger partial charge in [0, 0.05) is 38.4 Å². The van der Waals surface area contributed by atoms with Crippen LogP contribution >= 0.6 is 11.8 Å². The Morgan fingerprint density at radius 1 is 1.06 bits per heavy atom. The van der Waals surface area contributed by atoms with E-state index >= 15 is 0 Å². The monoisotopic (exact) mass is 466 g/mol. The highest BCUT2D eigenvalue weighted by atomic mass is 32.2. The Kier molecular flexibility index (Phi) is 7.23. The third-order valence-corrected chi connectivity index (χ3v) is 6.73. The van der Waals surface area contributed by atoms with Crippen LogP contribution in [0.25, 0.3) is 10.9 Å². The van der Waals surface area contributed by atoms with E-state index in [1.165, 1.54) is 11.8 Å². The molecule has 0 radical (unpaired) electrons. The average molecular weight is 467 g/mol. The molecular formula is C25H30N4O3S. The van der Waals surface area contributed by atoms with E-state index in [-0.39, 0.29) is 17.2 Å². The maximum atomic E-state index is 13.0. The molecule has 8 heteroatoms. The standard InChI is InChI=1S/C25H30N4O3S/c1-18(2)16-29-24(31)21-6-4-5-7-22(21)26-25(29)33-17-23(30)28-14-12-27(13-15-28)19-8-10-20(32-3)11-9-19/h4-11,18H,12-17H2,1-3H3. The molecule has 174 valence electrons. The Balaban J connectivity index is 1.41. The van der Waals surface area contributed by atoms with Crippen LogP contribution in [0.4, 0.5) is 5.69 Å². The number of carbonyl (C=O) groups excluding carboxylic acids is 1. The minimum Gasteiger partial charge on any atom is -0.497 e. The molecule has 0 aliphatic carbocycles. The van der Waals surface area contributed by atoms with Crippen LogP contribution < -0.4 is 15.2 Å². The van der Waals surface area contributed by atoms with E-state index in [1.807, 2.05) is 53.4 Å². The summed E-state index contributed by atoms with van der Waals surface area (Å²) in [4.78, 5) is 34.9. The fourth-order valence-corrected chi connectivity index (χ4v) is 4.92. The highest BCUT2D eigenvalue weighted by molar-refractivity contribution is 7.99. The fourth-order valence-electron chi connectivity index (χ4n) is 4.01. The van der Waals surface area contributed by atoms with Crippen LogP contribution in [0.5, 0.6) is 5.75 Å². The lowest BCUT2D eigenvalue weighted by Gasteiger charge is -2.36. The number of ether oxygens (including phenoxy) is 1. The molecule has 1 aliphatic rings. The minimum absolute atomic E-state index is 0.0441. The Hall–Kier alpha value is -3.00. The normalized spacial score (nSPS) is 14.2. The first-order chi connectivity index (χ1) is 16.0. The third kappa shape index (κ3) is 5.33. The number of aromatic nitrogens is 2. The molecule has 33 heavy (non-hydrogen) atoms. The van der Waals surface area contributed by atoms with Gasteiger partial charge < -0.3 is 14.5 Å². The summed E-state index contributed by atoms with van der Waals surface area (Å²) in [7, 11) is 1.66. The molecule has 0 N–H and O–H groups in total. The minimum atomic E-state index is -0.0441. The van der Waals surface area contributed by atoms with Gasteiger partial charge in [0.1, 0.15) is 5.75 Å². The first-order valence-corrected chi connectivity index (χ1v) is 12.2. The zero-order chi connectivity index (χ0) is 23.4. The summed E-state index contributed by atoms with van der Waals surface area (Å²) < 4.78 is 6.94. The van der Waals surface area contributed by atoms with Crippen molar-refractivity contribution in [3.63, 3.8) is 0 Å². The summed E-state index contributed by atoms with van der Waals surface area (Å²) in [5.41, 5.74) is 1.76. The number of thioether (sulfide) groups is 1. The van der Waals surface area contributed by atoms with E-state index < -0.39 is 0 Å². The lowest BCUT2D eigenvalue weighted by molar-refractivity contribution is -0.128. The quantitative estimate of drug-likeness (QED) is 0.392. The molecule has 1 aliphatic heterocycles. The van der Waals surface area contributed by atoms with Crippen LogP contribution in [0.15, 0.2) is 58.5 Å². The van der Waals surface area contributed by atoms with Gasteiger partial charge in [-0.3, -0.25) is 14.2 Å². The molecule has 4 rings (SSSR count). The summed E-state index contributed by atoms with van der Waals surface area (Å²) in [6, 6.07) is 15.4. The largest absolute Gasteiger partial charge is 0.497 e. The van der Waals surface area contributed by atoms with Crippen molar-refractivity contribution < 1.29 is 9.53 Å². The number of anilines is 1. The molecule has 0 bridgehead atoms. The van der Waals surface area contributed by atoms with E-state index in [0.29, 0.717) is 41.6 Å². The lowest BCUT2D eigenvalue weighted by atomic mass is 10.2. The molecule has 1 saturated heterocycles. The molecule has 1 amide bonds. The van der Waals surface area contributed by atoms with Gasteiger partial charge in [-0.2, -0.15) is 0 Å². The molecular weight excluding hydrogens is 436 g/mol. The van der Waals surface area contributed by atoms with Gasteiger partial charge in [0.25, 0.3) is 5.56 Å². The van der Waals surface area contributed by atoms with E-state index in [4.69, 9.17) is 9.72 Å². The smallest absolute Gasteiger partial charge is 0.262 e. The number of carbonyl (C=O) groups is 1. The Bertz CT molecular complexity index is 1170. The van der Waals surface area contributed by atoms with Crippen LogP contribution in [-0.4, -0.2) is 59.4 Å². The van der Waals surface area contributed by atoms with E-state index in [9.17, 15) is 9.59 Å². The highest BCUT2D eigenvalue weighted by Crippen LogP contribution is 2.22. The predicted molar refractivity (Wildman–Crippen MR) is 133 cm³/mol. The lowest BCUT2D eigenvalue weighted by Crippen LogP contribution is -2.49. The summed E-state index contributed by atoms with van der Waals surface area (Å²) in [6.07, 6.45) is 0. The molecule has 0 atom stereocenters. The second-order valence-corrected chi connectivity index (χ2v) is 9.52. The van der Waals surface area contributed by atoms with Gasteiger partial charge in [-0.15, -0.1) is 0 Å². The number of nitrogens with zero attached hydrogens (tertiary/aromatic N) is 4. The average Bonchev–Trinajstić information content (AvgIpc) is 2.84. The number of para-hydroxylation sites is 1. The number of benzene rings is 2. The van der Waals surface area contributed by atoms with Gasteiger partial charge >= 0.3 is 0 Å². The maximum absolute atomic E-state index is 13.0. The second-order valence-electron chi connectivity index (χ2n) is 8.58. The number of fused-ring (bicyclic) bond motifs is 1. The summed E-state index contributed by atoms with van der Waals surface area (Å²) in [5.74, 6) is 1.48. The number of piperazine rings is 1. The fraction of sp³-hybridized carbons (Fsp3) is 0.400. The van der Waals surface area contributed by atoms with Crippen molar-refractivity contribution in [1.29, 1.82) is 0 Å². The van der Waals surface area contributed by atoms with Crippen LogP contribution in [0, 0.1) is 5.92 Å². The summed E-state index contributed by atoms with van der Waals surface area (Å²) in [5, 5.41) is 1.22. The molecule has 0 spiro atoms. The summed E-state index contributed by atoms with van der Waals surface area (Å²) in [6.45, 7) is 7.65. The molecule has 1 fully saturated rings. The molecule has 0 saturated carbocycles. The van der Waals surface area contributed by atoms with Crippen molar-refractivity contribution >= 4 is 34.3 Å². The number of rotatable bonds is 7. The number of hydrogen-bond acceptors (Lipinski definition) is 6. The maximum Gasteiger partial charge on any atom is 0.262 e. The van der Waals surface area contributed by atoms with Gasteiger partial charge in [0.05, 0.1) is 23.8 Å². The number of hydrogen-bond donors (Lipinski definition) is 0. The van der Waals surface area contributed by atoms with Gasteiger partial charge in [-0.05, 0) is 42.3 Å². The van der Waals surface area contributed by atoms with Crippen LogP contribution in [0.2, 0.25) is 0 Å². The first kappa shape index (κ1) is 23.2. The molecule has 7 nitrogen and oxygen atoms in total. The van der Waals surface area contributed by atoms with Crippen molar-refractivity contribution in [3.05, 3.63) is 58.9 Å². The highest BCUT2D eigenvalue weighted by Gasteiger charge is 2.22. The van der Waals surface area contributed by atoms with Crippen LogP contribution in [-0.2, 0) is 11.3 Å². The number of amides is 1. The van der Waals surface area contributed by atoms with E-state index in [0.717, 1.165) is 24.5 Å². The third-order valence-electron chi connectivity index (χ3n) is 5.77. The van der Waals surface area contributed by atoms with Crippen molar-refractivity contribution in [2.45, 2.75) is 25.5 Å². The van der Waals surface area contributed by atoms with Crippen LogP contribution in [0.3, 0.4) is 0 Å². The molecule has 2 heterocycles. The topological polar surface area (TPSA) is 67.7 Å². The first-order valence-electron chi connectivity index (χ1n) is 11.3. The zero-order valence-electron chi connectivity index (χ0n) is 19.4. The molecule has 2 aromatic carbocycles. The van der Waals surface area contributed by atoms with E-state index in [1.54, 1.807) is 11.7 Å². The van der Waals surface area contributed by atoms with Crippen molar-refractivity contribution in [2.24, 2.45) is 5.92 Å². The van der Waals surface area contributed by atoms with Crippen molar-refractivity contribution in [1.82, 2.24) is 14.5 Å². The van der Waals surface area contributed by atoms with Gasteiger partial charge in [-0.1, -0.05) is 37.7 Å². The van der Waals surface area contributed by atoms with Crippen molar-refractivity contribution in [3.8, 4) is 5.75 Å². The molecule has 1 aromatic heterocycles. The van der Waals surface area contributed by atoms with Gasteiger partial charge in [0.2, 0.25) is 5.91 Å². The second kappa shape index (κ2) is 10.3. The number of methoxy groups -OCH3 is 1. The predicted octanol–water partition coefficient (Wildman–Crippen LogP) is 3.50. The van der Waals surface area contributed by atoms with Gasteiger partial charge in [0.15, 0.2) is 5.16 Å². The van der Waals surface area contributed by atoms with Crippen molar-refractivity contribution in [2.75, 3.05) is 43.9 Å². The SMILES string of the molecule is COc1ccc(N2CCN(C(=O)CSc3nc4ccccc4c(=O)n3CC(C)C)CC2)cc1. The van der Waals surface area contributed by atoms with Crippen LogP contribution in [0.1, 0.15) is 13.8 Å². The summed E-state index contributed by atoms with van der Waals surface area (Å²) >= 11 is 1.35. The zero-order valence-corrected chi connectivity index (χ0v) is 20.2. The Morgan fingerprint density at radius 2 is 1.76 bits per heavy atom. The van der Waals surface area contributed by atoms with Gasteiger partial charge in [-0.25, -0.2) is 4.98 Å². The Morgan fingerprint density at radius 3 is 2.42 bits per heavy atom. The molecule has 3 aromatic rings. The Labute approximate surface area is 198 Å².